The van der Waals surface area contributed by atoms with Crippen molar-refractivity contribution in [3.63, 3.8) is 0 Å². The molecule has 1 aromatic heterocycles. The van der Waals surface area contributed by atoms with Gasteiger partial charge in [-0.05, 0) is 19.1 Å². The second-order valence-corrected chi connectivity index (χ2v) is 5.23. The molecule has 1 aliphatic carbocycles. The minimum Gasteiger partial charge on any atom is -0.391 e. The maximum Gasteiger partial charge on any atom is 0.130 e. The number of aromatic nitrogens is 2. The zero-order valence-corrected chi connectivity index (χ0v) is 10.9. The zero-order valence-electron chi connectivity index (χ0n) is 10.1. The molecule has 17 heavy (non-hydrogen) atoms. The van der Waals surface area contributed by atoms with Crippen LogP contribution >= 0.6 is 11.8 Å². The predicted molar refractivity (Wildman–Crippen MR) is 70.3 cm³/mol. The fourth-order valence-corrected chi connectivity index (χ4v) is 2.56. The van der Waals surface area contributed by atoms with E-state index < -0.39 is 0 Å². The van der Waals surface area contributed by atoms with E-state index in [0.717, 1.165) is 30.1 Å². The van der Waals surface area contributed by atoms with Gasteiger partial charge in [-0.3, -0.25) is 0 Å². The predicted octanol–water partition coefficient (Wildman–Crippen LogP) is 2.30. The number of hydrogen-bond acceptors (Lipinski definition) is 5. The summed E-state index contributed by atoms with van der Waals surface area (Å²) in [6.07, 6.45) is 8.72. The van der Waals surface area contributed by atoms with Gasteiger partial charge in [-0.15, -0.1) is 11.8 Å². The first-order chi connectivity index (χ1) is 8.29. The molecule has 94 valence electrons. The van der Waals surface area contributed by atoms with Crippen molar-refractivity contribution < 1.29 is 5.11 Å². The molecular formula is C12H19N3OS. The van der Waals surface area contributed by atoms with E-state index in [0.29, 0.717) is 0 Å². The molecule has 0 radical (unpaired) electrons. The lowest BCUT2D eigenvalue weighted by Gasteiger charge is -2.22. The monoisotopic (exact) mass is 253 g/mol. The number of aliphatic hydroxyl groups is 1. The fraction of sp³-hybridized carbons (Fsp3) is 0.667. The Kier molecular flexibility index (Phi) is 4.62. The summed E-state index contributed by atoms with van der Waals surface area (Å²) in [6, 6.07) is 2.06. The van der Waals surface area contributed by atoms with Gasteiger partial charge in [0.1, 0.15) is 17.2 Å². The Hall–Kier alpha value is -0.810. The van der Waals surface area contributed by atoms with Crippen molar-refractivity contribution >= 4 is 17.6 Å². The maximum absolute atomic E-state index is 10.0. The summed E-state index contributed by atoms with van der Waals surface area (Å²) in [7, 11) is 0. The Bertz CT molecular complexity index is 361. The second kappa shape index (κ2) is 6.21. The summed E-state index contributed by atoms with van der Waals surface area (Å²) < 4.78 is 0. The molecule has 2 N–H and O–H groups in total. The van der Waals surface area contributed by atoms with Crippen molar-refractivity contribution in [3.05, 3.63) is 12.4 Å². The van der Waals surface area contributed by atoms with Crippen molar-refractivity contribution in [2.45, 2.75) is 49.3 Å². The molecule has 1 fully saturated rings. The van der Waals surface area contributed by atoms with E-state index >= 15 is 0 Å². The van der Waals surface area contributed by atoms with Gasteiger partial charge in [-0.25, -0.2) is 9.97 Å². The third kappa shape index (κ3) is 3.57. The van der Waals surface area contributed by atoms with Crippen molar-refractivity contribution in [2.75, 3.05) is 11.6 Å². The van der Waals surface area contributed by atoms with Crippen molar-refractivity contribution in [2.24, 2.45) is 0 Å². The van der Waals surface area contributed by atoms with Crippen LogP contribution in [-0.2, 0) is 0 Å². The molecule has 2 rings (SSSR count). The maximum atomic E-state index is 10.0. The van der Waals surface area contributed by atoms with E-state index in [9.17, 15) is 5.11 Å². The Labute approximate surface area is 106 Å². The molecule has 0 spiro atoms. The smallest absolute Gasteiger partial charge is 0.130 e. The lowest BCUT2D eigenvalue weighted by atomic mass is 10.1. The standard InChI is InChI=1S/C12H19N3OS/c1-17-12-7-11(13-8-14-12)15-9-5-3-2-4-6-10(9)16/h7-10,16H,2-6H2,1H3,(H,13,14,15). The van der Waals surface area contributed by atoms with E-state index in [1.165, 1.54) is 12.8 Å². The van der Waals surface area contributed by atoms with Crippen LogP contribution in [0.4, 0.5) is 5.82 Å². The van der Waals surface area contributed by atoms with Gasteiger partial charge < -0.3 is 10.4 Å². The van der Waals surface area contributed by atoms with Crippen molar-refractivity contribution in [1.29, 1.82) is 0 Å². The first kappa shape index (κ1) is 12.6. The van der Waals surface area contributed by atoms with Gasteiger partial charge in [0.2, 0.25) is 0 Å². The molecule has 0 amide bonds. The average Bonchev–Trinajstić information content (AvgIpc) is 2.55. The van der Waals surface area contributed by atoms with Gasteiger partial charge in [0.25, 0.3) is 0 Å². The number of thioether (sulfide) groups is 1. The van der Waals surface area contributed by atoms with Crippen molar-refractivity contribution in [1.82, 2.24) is 9.97 Å². The summed E-state index contributed by atoms with van der Waals surface area (Å²) in [5.41, 5.74) is 0. The normalized spacial score (nSPS) is 25.3. The van der Waals surface area contributed by atoms with Crippen LogP contribution in [0.5, 0.6) is 0 Å². The third-order valence-corrected chi connectivity index (χ3v) is 3.81. The summed E-state index contributed by atoms with van der Waals surface area (Å²) in [6.45, 7) is 0. The van der Waals surface area contributed by atoms with E-state index in [4.69, 9.17) is 0 Å². The Morgan fingerprint density at radius 3 is 2.94 bits per heavy atom. The van der Waals surface area contributed by atoms with Gasteiger partial charge >= 0.3 is 0 Å². The van der Waals surface area contributed by atoms with E-state index in [-0.39, 0.29) is 12.1 Å². The largest absolute Gasteiger partial charge is 0.391 e. The van der Waals surface area contributed by atoms with Crippen molar-refractivity contribution in [3.8, 4) is 0 Å². The minimum absolute atomic E-state index is 0.127. The fourth-order valence-electron chi connectivity index (χ4n) is 2.18. The Morgan fingerprint density at radius 1 is 1.29 bits per heavy atom. The average molecular weight is 253 g/mol. The molecule has 0 saturated heterocycles. The molecule has 0 bridgehead atoms. The van der Waals surface area contributed by atoms with Gasteiger partial charge in [0, 0.05) is 6.07 Å². The molecule has 1 heterocycles. The van der Waals surface area contributed by atoms with Crippen LogP contribution in [0.15, 0.2) is 17.4 Å². The highest BCUT2D eigenvalue weighted by molar-refractivity contribution is 7.98. The lowest BCUT2D eigenvalue weighted by Crippen LogP contribution is -2.32. The van der Waals surface area contributed by atoms with Crippen LogP contribution in [0.3, 0.4) is 0 Å². The molecule has 4 nitrogen and oxygen atoms in total. The van der Waals surface area contributed by atoms with Gasteiger partial charge in [-0.2, -0.15) is 0 Å². The first-order valence-corrected chi connectivity index (χ1v) is 7.32. The van der Waals surface area contributed by atoms with Crippen LogP contribution in [0.25, 0.3) is 0 Å². The highest BCUT2D eigenvalue weighted by Crippen LogP contribution is 2.22. The molecule has 2 unspecified atom stereocenters. The molecule has 2 atom stereocenters. The Balaban J connectivity index is 2.02. The number of nitrogens with one attached hydrogen (secondary N) is 1. The lowest BCUT2D eigenvalue weighted by molar-refractivity contribution is 0.144. The quantitative estimate of drug-likeness (QED) is 0.492. The van der Waals surface area contributed by atoms with Crippen LogP contribution in [0.2, 0.25) is 0 Å². The van der Waals surface area contributed by atoms with Gasteiger partial charge in [0.15, 0.2) is 0 Å². The summed E-state index contributed by atoms with van der Waals surface area (Å²) in [5.74, 6) is 0.815. The molecule has 5 heteroatoms. The third-order valence-electron chi connectivity index (χ3n) is 3.16. The number of aliphatic hydroxyl groups excluding tert-OH is 1. The molecule has 1 aliphatic rings. The summed E-state index contributed by atoms with van der Waals surface area (Å²) in [4.78, 5) is 8.34. The van der Waals surface area contributed by atoms with Crippen LogP contribution in [-0.4, -0.2) is 33.5 Å². The van der Waals surface area contributed by atoms with Gasteiger partial charge in [-0.1, -0.05) is 19.3 Å². The summed E-state index contributed by atoms with van der Waals surface area (Å²) >= 11 is 1.60. The highest BCUT2D eigenvalue weighted by Gasteiger charge is 2.21. The first-order valence-electron chi connectivity index (χ1n) is 6.10. The number of nitrogens with zero attached hydrogens (tertiary/aromatic N) is 2. The summed E-state index contributed by atoms with van der Waals surface area (Å²) in [5, 5.41) is 14.3. The minimum atomic E-state index is -0.259. The molecule has 1 saturated carbocycles. The molecule has 0 aromatic carbocycles. The number of anilines is 1. The highest BCUT2D eigenvalue weighted by atomic mass is 32.2. The number of rotatable bonds is 3. The molecular weight excluding hydrogens is 234 g/mol. The van der Waals surface area contributed by atoms with Crippen LogP contribution in [0.1, 0.15) is 32.1 Å². The number of hydrogen-bond donors (Lipinski definition) is 2. The van der Waals surface area contributed by atoms with E-state index in [1.807, 2.05) is 12.3 Å². The second-order valence-electron chi connectivity index (χ2n) is 4.40. The Morgan fingerprint density at radius 2 is 2.12 bits per heavy atom. The van der Waals surface area contributed by atoms with Gasteiger partial charge in [0.05, 0.1) is 12.1 Å². The van der Waals surface area contributed by atoms with Crippen LogP contribution in [0, 0.1) is 0 Å². The van der Waals surface area contributed by atoms with Crippen LogP contribution < -0.4 is 5.32 Å². The van der Waals surface area contributed by atoms with E-state index in [2.05, 4.69) is 15.3 Å². The topological polar surface area (TPSA) is 58.0 Å². The van der Waals surface area contributed by atoms with E-state index in [1.54, 1.807) is 18.1 Å². The molecule has 1 aromatic rings. The SMILES string of the molecule is CSc1cc(NC2CCCCCC2O)ncn1. The molecule has 0 aliphatic heterocycles. The zero-order chi connectivity index (χ0) is 12.1.